The van der Waals surface area contributed by atoms with Crippen LogP contribution < -0.4 is 0 Å². The summed E-state index contributed by atoms with van der Waals surface area (Å²) in [6.07, 6.45) is 4.02. The van der Waals surface area contributed by atoms with Crippen molar-refractivity contribution in [2.24, 2.45) is 0 Å². The number of carbonyl (C=O) groups excluding carboxylic acids is 1. The second-order valence-corrected chi connectivity index (χ2v) is 3.36. The van der Waals surface area contributed by atoms with Crippen molar-refractivity contribution in [3.05, 3.63) is 29.6 Å². The molecule has 0 aromatic carbocycles. The number of carbonyl (C=O) groups is 1. The van der Waals surface area contributed by atoms with Gasteiger partial charge in [0.25, 0.3) is 5.24 Å². The van der Waals surface area contributed by atoms with Crippen molar-refractivity contribution in [2.75, 3.05) is 0 Å². The fourth-order valence-electron chi connectivity index (χ4n) is 1.17. The molecule has 0 atom stereocenters. The van der Waals surface area contributed by atoms with Crippen molar-refractivity contribution in [1.29, 1.82) is 0 Å². The molecule has 0 aliphatic heterocycles. The molecule has 0 radical (unpaired) electrons. The van der Waals surface area contributed by atoms with E-state index in [1.54, 1.807) is 18.3 Å². The largest absolute Gasteiger partial charge is 0.276 e. The van der Waals surface area contributed by atoms with Crippen LogP contribution >= 0.6 is 11.6 Å². The van der Waals surface area contributed by atoms with E-state index in [-0.39, 0.29) is 0 Å². The minimum absolute atomic E-state index is 0.403. The lowest BCUT2D eigenvalue weighted by atomic mass is 10.2. The number of halogens is 1. The number of aromatic nitrogens is 1. The first-order chi connectivity index (χ1) is 5.77. The highest BCUT2D eigenvalue weighted by molar-refractivity contribution is 6.67. The average Bonchev–Trinajstić information content (AvgIpc) is 2.87. The summed E-state index contributed by atoms with van der Waals surface area (Å²) in [6.45, 7) is 0. The van der Waals surface area contributed by atoms with Crippen molar-refractivity contribution in [3.63, 3.8) is 0 Å². The van der Waals surface area contributed by atoms with Crippen LogP contribution in [0.1, 0.15) is 34.8 Å². The lowest BCUT2D eigenvalue weighted by molar-refractivity contribution is 0.108. The first-order valence-corrected chi connectivity index (χ1v) is 4.31. The normalized spacial score (nSPS) is 16.1. The number of pyridine rings is 1. The molecular weight excluding hydrogens is 174 g/mol. The minimum atomic E-state index is -0.403. The van der Waals surface area contributed by atoms with Crippen LogP contribution in [0.3, 0.4) is 0 Å². The van der Waals surface area contributed by atoms with Gasteiger partial charge in [-0.3, -0.25) is 9.78 Å². The maximum absolute atomic E-state index is 10.8. The van der Waals surface area contributed by atoms with Gasteiger partial charge in [0, 0.05) is 23.4 Å². The van der Waals surface area contributed by atoms with Gasteiger partial charge >= 0.3 is 0 Å². The van der Waals surface area contributed by atoms with Gasteiger partial charge in [-0.15, -0.1) is 0 Å². The molecule has 1 saturated carbocycles. The molecule has 62 valence electrons. The molecule has 0 saturated heterocycles. The molecule has 0 N–H and O–H groups in total. The van der Waals surface area contributed by atoms with Gasteiger partial charge in [-0.2, -0.15) is 0 Å². The van der Waals surface area contributed by atoms with Crippen LogP contribution in [-0.4, -0.2) is 10.2 Å². The van der Waals surface area contributed by atoms with Gasteiger partial charge in [0.1, 0.15) is 0 Å². The van der Waals surface area contributed by atoms with Crippen molar-refractivity contribution >= 4 is 16.8 Å². The summed E-state index contributed by atoms with van der Waals surface area (Å²) < 4.78 is 0. The molecule has 2 nitrogen and oxygen atoms in total. The lowest BCUT2D eigenvalue weighted by Gasteiger charge is -1.97. The zero-order valence-corrected chi connectivity index (χ0v) is 7.21. The molecule has 12 heavy (non-hydrogen) atoms. The topological polar surface area (TPSA) is 30.0 Å². The summed E-state index contributed by atoms with van der Waals surface area (Å²) in [6, 6.07) is 3.42. The molecule has 1 aliphatic carbocycles. The Morgan fingerprint density at radius 2 is 2.33 bits per heavy atom. The number of hydrogen-bond acceptors (Lipinski definition) is 2. The first-order valence-electron chi connectivity index (χ1n) is 3.93. The Kier molecular flexibility index (Phi) is 1.85. The highest BCUT2D eigenvalue weighted by Gasteiger charge is 2.25. The third kappa shape index (κ3) is 1.48. The van der Waals surface area contributed by atoms with Crippen LogP contribution in [0.5, 0.6) is 0 Å². The van der Waals surface area contributed by atoms with E-state index < -0.39 is 5.24 Å². The molecule has 1 aromatic heterocycles. The van der Waals surface area contributed by atoms with Crippen LogP contribution in [0.25, 0.3) is 0 Å². The monoisotopic (exact) mass is 181 g/mol. The smallest absolute Gasteiger partial charge is 0.252 e. The van der Waals surface area contributed by atoms with Crippen LogP contribution in [0.2, 0.25) is 0 Å². The predicted octanol–water partition coefficient (Wildman–Crippen LogP) is 2.34. The summed E-state index contributed by atoms with van der Waals surface area (Å²) >= 11 is 5.33. The maximum Gasteiger partial charge on any atom is 0.252 e. The number of nitrogens with zero attached hydrogens (tertiary/aromatic N) is 1. The molecule has 0 amide bonds. The molecule has 0 spiro atoms. The molecule has 0 bridgehead atoms. The van der Waals surface area contributed by atoms with Gasteiger partial charge < -0.3 is 0 Å². The van der Waals surface area contributed by atoms with Gasteiger partial charge in [-0.1, -0.05) is 0 Å². The summed E-state index contributed by atoms with van der Waals surface area (Å²) in [5.41, 5.74) is 1.55. The summed E-state index contributed by atoms with van der Waals surface area (Å²) in [5.74, 6) is 0.570. The van der Waals surface area contributed by atoms with Gasteiger partial charge in [0.2, 0.25) is 0 Å². The zero-order valence-electron chi connectivity index (χ0n) is 6.46. The molecule has 1 fully saturated rings. The Bertz CT molecular complexity index is 320. The molecule has 3 heteroatoms. The SMILES string of the molecule is O=C(Cl)c1ccnc(C2CC2)c1. The second-order valence-electron chi connectivity index (χ2n) is 3.02. The number of rotatable bonds is 2. The third-order valence-electron chi connectivity index (χ3n) is 2.00. The Balaban J connectivity index is 2.32. The van der Waals surface area contributed by atoms with E-state index in [1.165, 1.54) is 12.8 Å². The fraction of sp³-hybridized carbons (Fsp3) is 0.333. The molecule has 2 rings (SSSR count). The first kappa shape index (κ1) is 7.74. The standard InChI is InChI=1S/C9H8ClNO/c10-9(12)7-3-4-11-8(5-7)6-1-2-6/h3-6H,1-2H2. The predicted molar refractivity (Wildman–Crippen MR) is 46.4 cm³/mol. The van der Waals surface area contributed by atoms with Crippen LogP contribution in [0.4, 0.5) is 0 Å². The minimum Gasteiger partial charge on any atom is -0.276 e. The Labute approximate surface area is 75.6 Å². The fourth-order valence-corrected chi connectivity index (χ4v) is 1.29. The third-order valence-corrected chi connectivity index (χ3v) is 2.22. The van der Waals surface area contributed by atoms with Crippen molar-refractivity contribution in [1.82, 2.24) is 4.98 Å². The molecule has 1 aromatic rings. The molecular formula is C9H8ClNO. The Morgan fingerprint density at radius 3 is 2.92 bits per heavy atom. The Morgan fingerprint density at radius 1 is 1.58 bits per heavy atom. The number of hydrogen-bond donors (Lipinski definition) is 0. The Hall–Kier alpha value is -0.890. The van der Waals surface area contributed by atoms with Crippen LogP contribution in [0.15, 0.2) is 18.3 Å². The summed E-state index contributed by atoms with van der Waals surface area (Å²) in [4.78, 5) is 15.0. The highest BCUT2D eigenvalue weighted by Crippen LogP contribution is 2.38. The maximum atomic E-state index is 10.8. The van der Waals surface area contributed by atoms with E-state index in [9.17, 15) is 4.79 Å². The second kappa shape index (κ2) is 2.87. The van der Waals surface area contributed by atoms with E-state index in [0.29, 0.717) is 11.5 Å². The van der Waals surface area contributed by atoms with E-state index in [0.717, 1.165) is 5.69 Å². The van der Waals surface area contributed by atoms with Crippen LogP contribution in [0, 0.1) is 0 Å². The van der Waals surface area contributed by atoms with E-state index in [2.05, 4.69) is 4.98 Å². The highest BCUT2D eigenvalue weighted by atomic mass is 35.5. The van der Waals surface area contributed by atoms with Gasteiger partial charge in [-0.05, 0) is 36.6 Å². The van der Waals surface area contributed by atoms with Crippen molar-refractivity contribution in [3.8, 4) is 0 Å². The van der Waals surface area contributed by atoms with E-state index >= 15 is 0 Å². The lowest BCUT2D eigenvalue weighted by Crippen LogP contribution is -1.92. The average molecular weight is 182 g/mol. The van der Waals surface area contributed by atoms with Crippen LogP contribution in [-0.2, 0) is 0 Å². The van der Waals surface area contributed by atoms with Crippen molar-refractivity contribution in [2.45, 2.75) is 18.8 Å². The van der Waals surface area contributed by atoms with E-state index in [4.69, 9.17) is 11.6 Å². The molecule has 1 aliphatic rings. The van der Waals surface area contributed by atoms with E-state index in [1.807, 2.05) is 0 Å². The van der Waals surface area contributed by atoms with Crippen molar-refractivity contribution < 1.29 is 4.79 Å². The molecule has 1 heterocycles. The zero-order chi connectivity index (χ0) is 8.55. The van der Waals surface area contributed by atoms with Gasteiger partial charge in [-0.25, -0.2) is 0 Å². The quantitative estimate of drug-likeness (QED) is 0.656. The molecule has 0 unspecified atom stereocenters. The van der Waals surface area contributed by atoms with Gasteiger partial charge in [0.05, 0.1) is 0 Å². The summed E-state index contributed by atoms with van der Waals surface area (Å²) in [5, 5.41) is -0.403. The van der Waals surface area contributed by atoms with Gasteiger partial charge in [0.15, 0.2) is 0 Å². The summed E-state index contributed by atoms with van der Waals surface area (Å²) in [7, 11) is 0.